The number of nitrogens with zero attached hydrogens (tertiary/aromatic N) is 1. The van der Waals surface area contributed by atoms with Crippen molar-refractivity contribution in [1.29, 1.82) is 0 Å². The van der Waals surface area contributed by atoms with Crippen LogP contribution in [0.25, 0.3) is 0 Å². The van der Waals surface area contributed by atoms with Gasteiger partial charge in [-0.05, 0) is 55.7 Å². The van der Waals surface area contributed by atoms with E-state index in [0.29, 0.717) is 22.7 Å². The fraction of sp³-hybridized carbons (Fsp3) is 0.160. The lowest BCUT2D eigenvalue weighted by Gasteiger charge is -2.15. The van der Waals surface area contributed by atoms with E-state index in [0.717, 1.165) is 22.4 Å². The first-order chi connectivity index (χ1) is 15.4. The van der Waals surface area contributed by atoms with Crippen LogP contribution in [0.5, 0.6) is 5.75 Å². The standard InChI is InChI=1S/C25H26N4O3/c1-16-12-13-18(3)21(14-16)28-24(30)25(31)29-26-15-19-9-7-11-22(32-4)23(19)27-20-10-6-5-8-17(20)2/h5-15,27H,1-4H3,(H,28,30)(H,29,31)/b26-15-. The van der Waals surface area contributed by atoms with Gasteiger partial charge in [-0.25, -0.2) is 5.43 Å². The highest BCUT2D eigenvalue weighted by Gasteiger charge is 2.14. The summed E-state index contributed by atoms with van der Waals surface area (Å²) in [5.74, 6) is -1.03. The monoisotopic (exact) mass is 430 g/mol. The topological polar surface area (TPSA) is 91.8 Å². The number of benzene rings is 3. The van der Waals surface area contributed by atoms with E-state index in [9.17, 15) is 9.59 Å². The Labute approximate surface area is 187 Å². The summed E-state index contributed by atoms with van der Waals surface area (Å²) in [5.41, 5.74) is 8.08. The molecule has 0 aliphatic heterocycles. The normalized spacial score (nSPS) is 10.6. The molecule has 0 saturated heterocycles. The molecule has 0 aliphatic rings. The second-order valence-corrected chi connectivity index (χ2v) is 7.34. The molecule has 7 heteroatoms. The molecule has 0 heterocycles. The van der Waals surface area contributed by atoms with E-state index in [2.05, 4.69) is 21.2 Å². The molecule has 32 heavy (non-hydrogen) atoms. The highest BCUT2D eigenvalue weighted by atomic mass is 16.5. The van der Waals surface area contributed by atoms with Gasteiger partial charge in [0.1, 0.15) is 5.75 Å². The van der Waals surface area contributed by atoms with Crippen molar-refractivity contribution in [1.82, 2.24) is 5.43 Å². The number of aryl methyl sites for hydroxylation is 3. The molecule has 0 spiro atoms. The molecule has 0 fully saturated rings. The van der Waals surface area contributed by atoms with Gasteiger partial charge in [0.05, 0.1) is 19.0 Å². The number of hydrogen-bond acceptors (Lipinski definition) is 5. The molecular weight excluding hydrogens is 404 g/mol. The molecule has 3 rings (SSSR count). The molecule has 3 N–H and O–H groups in total. The lowest BCUT2D eigenvalue weighted by molar-refractivity contribution is -0.136. The van der Waals surface area contributed by atoms with E-state index in [4.69, 9.17) is 4.74 Å². The largest absolute Gasteiger partial charge is 0.495 e. The third kappa shape index (κ3) is 5.51. The van der Waals surface area contributed by atoms with Crippen LogP contribution < -0.4 is 20.8 Å². The summed E-state index contributed by atoms with van der Waals surface area (Å²) < 4.78 is 5.48. The fourth-order valence-electron chi connectivity index (χ4n) is 3.07. The van der Waals surface area contributed by atoms with Gasteiger partial charge >= 0.3 is 11.8 Å². The smallest absolute Gasteiger partial charge is 0.329 e. The average Bonchev–Trinajstić information content (AvgIpc) is 2.78. The Hall–Kier alpha value is -4.13. The van der Waals surface area contributed by atoms with Gasteiger partial charge in [-0.3, -0.25) is 9.59 Å². The maximum Gasteiger partial charge on any atom is 0.329 e. The van der Waals surface area contributed by atoms with Crippen molar-refractivity contribution < 1.29 is 14.3 Å². The number of methoxy groups -OCH3 is 1. The van der Waals surface area contributed by atoms with Crippen LogP contribution in [0.1, 0.15) is 22.3 Å². The van der Waals surface area contributed by atoms with Crippen LogP contribution in [0.3, 0.4) is 0 Å². The lowest BCUT2D eigenvalue weighted by atomic mass is 10.1. The molecule has 3 aromatic carbocycles. The fourth-order valence-corrected chi connectivity index (χ4v) is 3.07. The van der Waals surface area contributed by atoms with Crippen LogP contribution in [0.2, 0.25) is 0 Å². The van der Waals surface area contributed by atoms with Crippen LogP contribution in [-0.4, -0.2) is 25.1 Å². The number of nitrogens with one attached hydrogen (secondary N) is 3. The van der Waals surface area contributed by atoms with E-state index in [1.165, 1.54) is 6.21 Å². The Kier molecular flexibility index (Phi) is 7.23. The van der Waals surface area contributed by atoms with E-state index in [-0.39, 0.29) is 0 Å². The molecule has 0 aliphatic carbocycles. The van der Waals surface area contributed by atoms with Crippen molar-refractivity contribution in [3.63, 3.8) is 0 Å². The second-order valence-electron chi connectivity index (χ2n) is 7.34. The van der Waals surface area contributed by atoms with Gasteiger partial charge in [0.15, 0.2) is 0 Å². The van der Waals surface area contributed by atoms with Gasteiger partial charge in [0.2, 0.25) is 0 Å². The van der Waals surface area contributed by atoms with Crippen LogP contribution >= 0.6 is 0 Å². The van der Waals surface area contributed by atoms with Crippen molar-refractivity contribution in [2.24, 2.45) is 5.10 Å². The molecular formula is C25H26N4O3. The predicted octanol–water partition coefficient (Wildman–Crippen LogP) is 4.45. The van der Waals surface area contributed by atoms with Gasteiger partial charge in [0.25, 0.3) is 0 Å². The maximum absolute atomic E-state index is 12.2. The summed E-state index contributed by atoms with van der Waals surface area (Å²) in [6.45, 7) is 5.77. The van der Waals surface area contributed by atoms with Gasteiger partial charge < -0.3 is 15.4 Å². The van der Waals surface area contributed by atoms with E-state index < -0.39 is 11.8 Å². The predicted molar refractivity (Wildman–Crippen MR) is 128 cm³/mol. The average molecular weight is 431 g/mol. The molecule has 164 valence electrons. The maximum atomic E-state index is 12.2. The zero-order chi connectivity index (χ0) is 23.1. The molecule has 0 saturated carbocycles. The number of anilines is 3. The Morgan fingerprint density at radius 3 is 2.38 bits per heavy atom. The van der Waals surface area contributed by atoms with E-state index in [1.54, 1.807) is 7.11 Å². The first kappa shape index (κ1) is 22.6. The van der Waals surface area contributed by atoms with Gasteiger partial charge in [-0.1, -0.05) is 42.5 Å². The number of amides is 2. The summed E-state index contributed by atoms with van der Waals surface area (Å²) in [6.07, 6.45) is 1.46. The summed E-state index contributed by atoms with van der Waals surface area (Å²) in [6, 6.07) is 19.0. The molecule has 0 radical (unpaired) electrons. The van der Waals surface area contributed by atoms with E-state index in [1.807, 2.05) is 81.4 Å². The van der Waals surface area contributed by atoms with Crippen LogP contribution in [0.15, 0.2) is 65.8 Å². The van der Waals surface area contributed by atoms with Crippen molar-refractivity contribution >= 4 is 35.1 Å². The molecule has 0 bridgehead atoms. The van der Waals surface area contributed by atoms with Crippen LogP contribution in [-0.2, 0) is 9.59 Å². The molecule has 2 amide bonds. The van der Waals surface area contributed by atoms with Gasteiger partial charge in [-0.2, -0.15) is 5.10 Å². The Morgan fingerprint density at radius 1 is 0.875 bits per heavy atom. The first-order valence-electron chi connectivity index (χ1n) is 10.1. The number of para-hydroxylation sites is 2. The second kappa shape index (κ2) is 10.3. The van der Waals surface area contributed by atoms with Crippen molar-refractivity contribution in [3.05, 3.63) is 82.9 Å². The van der Waals surface area contributed by atoms with Crippen LogP contribution in [0, 0.1) is 20.8 Å². The number of ether oxygens (including phenoxy) is 1. The SMILES string of the molecule is COc1cccc(/C=N\NC(=O)C(=O)Nc2cc(C)ccc2C)c1Nc1ccccc1C. The van der Waals surface area contributed by atoms with Gasteiger partial charge in [-0.15, -0.1) is 0 Å². The van der Waals surface area contributed by atoms with Crippen molar-refractivity contribution in [2.45, 2.75) is 20.8 Å². The molecule has 3 aromatic rings. The molecule has 0 aromatic heterocycles. The van der Waals surface area contributed by atoms with E-state index >= 15 is 0 Å². The highest BCUT2D eigenvalue weighted by molar-refractivity contribution is 6.39. The minimum atomic E-state index is -0.863. The summed E-state index contributed by atoms with van der Waals surface area (Å²) in [7, 11) is 1.58. The summed E-state index contributed by atoms with van der Waals surface area (Å²) in [4.78, 5) is 24.4. The zero-order valence-electron chi connectivity index (χ0n) is 18.5. The number of hydrazone groups is 1. The third-order valence-corrected chi connectivity index (χ3v) is 4.90. The number of carbonyl (C=O) groups excluding carboxylic acids is 2. The highest BCUT2D eigenvalue weighted by Crippen LogP contribution is 2.31. The lowest BCUT2D eigenvalue weighted by Crippen LogP contribution is -2.32. The summed E-state index contributed by atoms with van der Waals surface area (Å²) in [5, 5.41) is 9.93. The Morgan fingerprint density at radius 2 is 1.62 bits per heavy atom. The minimum Gasteiger partial charge on any atom is -0.495 e. The van der Waals surface area contributed by atoms with Crippen molar-refractivity contribution in [3.8, 4) is 5.75 Å². The molecule has 7 nitrogen and oxygen atoms in total. The first-order valence-corrected chi connectivity index (χ1v) is 10.1. The molecule has 0 atom stereocenters. The number of carbonyl (C=O) groups is 2. The Balaban J connectivity index is 1.73. The molecule has 0 unspecified atom stereocenters. The number of hydrogen-bond donors (Lipinski definition) is 3. The Bertz CT molecular complexity index is 1170. The minimum absolute atomic E-state index is 0.589. The quantitative estimate of drug-likeness (QED) is 0.306. The van der Waals surface area contributed by atoms with Crippen molar-refractivity contribution in [2.75, 3.05) is 17.7 Å². The summed E-state index contributed by atoms with van der Waals surface area (Å²) >= 11 is 0. The number of rotatable bonds is 6. The third-order valence-electron chi connectivity index (χ3n) is 4.90. The van der Waals surface area contributed by atoms with Gasteiger partial charge in [0, 0.05) is 16.9 Å². The van der Waals surface area contributed by atoms with Crippen LogP contribution in [0.4, 0.5) is 17.1 Å². The zero-order valence-corrected chi connectivity index (χ0v) is 18.5.